The van der Waals surface area contributed by atoms with Crippen LogP contribution in [0.4, 0.5) is 22.0 Å². The summed E-state index contributed by atoms with van der Waals surface area (Å²) in [6.07, 6.45) is 1.45. The van der Waals surface area contributed by atoms with Crippen molar-refractivity contribution in [3.8, 4) is 5.75 Å². The Morgan fingerprint density at radius 1 is 1.14 bits per heavy atom. The van der Waals surface area contributed by atoms with Crippen LogP contribution in [0, 0.1) is 11.7 Å². The van der Waals surface area contributed by atoms with E-state index in [4.69, 9.17) is 9.79 Å². The lowest BCUT2D eigenvalue weighted by atomic mass is 9.77. The van der Waals surface area contributed by atoms with Gasteiger partial charge < -0.3 is 14.5 Å². The number of unbranched alkanes of at least 4 members (excludes halogenated alkanes) is 1. The van der Waals surface area contributed by atoms with E-state index in [0.717, 1.165) is 57.1 Å². The maximum atomic E-state index is 14.2. The molecule has 28 heavy (non-hydrogen) atoms. The van der Waals surface area contributed by atoms with Crippen molar-refractivity contribution < 1.29 is 41.0 Å². The van der Waals surface area contributed by atoms with Gasteiger partial charge in [0.2, 0.25) is 0 Å². The Morgan fingerprint density at radius 3 is 2.25 bits per heavy atom. The third-order valence-electron chi connectivity index (χ3n) is 5.19. The molecule has 2 rings (SSSR count). The van der Waals surface area contributed by atoms with E-state index in [0.29, 0.717) is 11.5 Å². The summed E-state index contributed by atoms with van der Waals surface area (Å²) in [4.78, 5) is 16.9. The molecule has 0 bridgehead atoms. The molecule has 2 N–H and O–H groups in total. The lowest BCUT2D eigenvalue weighted by Crippen LogP contribution is -2.45. The summed E-state index contributed by atoms with van der Waals surface area (Å²) >= 11 is 0. The van der Waals surface area contributed by atoms with Gasteiger partial charge in [-0.05, 0) is 55.2 Å². The average Bonchev–Trinajstić information content (AvgIpc) is 2.61. The van der Waals surface area contributed by atoms with Crippen molar-refractivity contribution in [3.63, 3.8) is 0 Å². The molecule has 1 saturated carbocycles. The molecule has 0 radical (unpaired) electrons. The minimum atomic E-state index is -6.52. The molecule has 0 heterocycles. The molecule has 0 aromatic heterocycles. The fourth-order valence-corrected chi connectivity index (χ4v) is 3.88. The number of benzene rings is 1. The van der Waals surface area contributed by atoms with Gasteiger partial charge in [-0.1, -0.05) is 32.3 Å². The first-order valence-electron chi connectivity index (χ1n) is 9.18. The van der Waals surface area contributed by atoms with E-state index >= 15 is 0 Å². The van der Waals surface area contributed by atoms with Crippen LogP contribution in [0.15, 0.2) is 18.2 Å². The van der Waals surface area contributed by atoms with Gasteiger partial charge in [0.1, 0.15) is 0 Å². The number of rotatable bonds is 8. The molecule has 10 heteroatoms. The molecule has 0 spiro atoms. The van der Waals surface area contributed by atoms with E-state index in [1.165, 1.54) is 6.07 Å². The van der Waals surface area contributed by atoms with Gasteiger partial charge in [0, 0.05) is 0 Å². The first-order valence-corrected chi connectivity index (χ1v) is 10.8. The molecule has 0 atom stereocenters. The van der Waals surface area contributed by atoms with Gasteiger partial charge in [0.05, 0.1) is 0 Å². The summed E-state index contributed by atoms with van der Waals surface area (Å²) in [5.41, 5.74) is -5.23. The molecule has 1 aliphatic rings. The fraction of sp³-hybridized carbons (Fsp3) is 0.667. The highest BCUT2D eigenvalue weighted by Gasteiger charge is 2.71. The fourth-order valence-electron chi connectivity index (χ4n) is 3.50. The van der Waals surface area contributed by atoms with Crippen molar-refractivity contribution in [1.29, 1.82) is 0 Å². The Bertz CT molecular complexity index is 714. The molecule has 4 nitrogen and oxygen atoms in total. The summed E-state index contributed by atoms with van der Waals surface area (Å²) in [5.74, 6) is -1.82. The predicted octanol–water partition coefficient (Wildman–Crippen LogP) is 6.03. The van der Waals surface area contributed by atoms with Gasteiger partial charge in [0.25, 0.3) is 0 Å². The Balaban J connectivity index is 2.08. The number of alkyl halides is 4. The summed E-state index contributed by atoms with van der Waals surface area (Å²) in [5, 5.41) is 0. The van der Waals surface area contributed by atoms with Crippen LogP contribution in [0.1, 0.15) is 63.4 Å². The topological polar surface area (TPSA) is 66.8 Å². The van der Waals surface area contributed by atoms with Crippen LogP contribution in [0.5, 0.6) is 5.75 Å². The molecule has 0 unspecified atom stereocenters. The van der Waals surface area contributed by atoms with Crippen LogP contribution in [-0.2, 0) is 4.57 Å². The molecule has 1 aliphatic carbocycles. The van der Waals surface area contributed by atoms with E-state index in [2.05, 4.69) is 11.7 Å². The molecule has 0 saturated heterocycles. The first kappa shape index (κ1) is 23.1. The van der Waals surface area contributed by atoms with Gasteiger partial charge in [-0.15, -0.1) is 0 Å². The second kappa shape index (κ2) is 8.67. The summed E-state index contributed by atoms with van der Waals surface area (Å²) in [6, 6.07) is 3.07. The third kappa shape index (κ3) is 5.05. The molecule has 0 aliphatic heterocycles. The molecule has 1 aromatic rings. The minimum absolute atomic E-state index is 0.0403. The van der Waals surface area contributed by atoms with Crippen LogP contribution in [0.2, 0.25) is 0 Å². The van der Waals surface area contributed by atoms with E-state index in [-0.39, 0.29) is 5.92 Å². The van der Waals surface area contributed by atoms with E-state index in [1.807, 2.05) is 0 Å². The Kier molecular flexibility index (Phi) is 7.16. The van der Waals surface area contributed by atoms with E-state index in [9.17, 15) is 26.5 Å². The minimum Gasteiger partial charge on any atom is -0.424 e. The first-order chi connectivity index (χ1) is 12.9. The predicted molar refractivity (Wildman–Crippen MR) is 93.2 cm³/mol. The molecular formula is C18H24F5O4P. The van der Waals surface area contributed by atoms with Gasteiger partial charge in [-0.25, -0.2) is 4.39 Å². The van der Waals surface area contributed by atoms with E-state index in [1.54, 1.807) is 0 Å². The molecular weight excluding hydrogens is 406 g/mol. The van der Waals surface area contributed by atoms with Crippen LogP contribution < -0.4 is 4.74 Å². The van der Waals surface area contributed by atoms with Crippen LogP contribution in [0.3, 0.4) is 0 Å². The number of ether oxygens (including phenoxy) is 1. The summed E-state index contributed by atoms with van der Waals surface area (Å²) < 4.78 is 82.0. The Hall–Kier alpha value is -1.18. The van der Waals surface area contributed by atoms with Crippen molar-refractivity contribution in [2.24, 2.45) is 5.92 Å². The smallest absolute Gasteiger partial charge is 0.424 e. The standard InChI is InChI=1S/C18H24F5O4P/c1-2-3-4-12-5-7-13(8-6-12)14-9-10-16(15(19)11-14)27-17(20,21)18(22,23)28(24,25)26/h9-13H,2-8H2,1H3,(H2,24,25,26). The van der Waals surface area contributed by atoms with Crippen molar-refractivity contribution in [1.82, 2.24) is 0 Å². The average molecular weight is 430 g/mol. The van der Waals surface area contributed by atoms with Crippen molar-refractivity contribution in [3.05, 3.63) is 29.6 Å². The highest BCUT2D eigenvalue weighted by atomic mass is 31.2. The third-order valence-corrected chi connectivity index (χ3v) is 6.19. The Morgan fingerprint density at radius 2 is 1.75 bits per heavy atom. The van der Waals surface area contributed by atoms with E-state index < -0.39 is 30.9 Å². The number of halogens is 5. The van der Waals surface area contributed by atoms with Crippen LogP contribution >= 0.6 is 7.60 Å². The van der Waals surface area contributed by atoms with Crippen LogP contribution in [0.25, 0.3) is 0 Å². The summed E-state index contributed by atoms with van der Waals surface area (Å²) in [6.45, 7) is 2.12. The lowest BCUT2D eigenvalue weighted by Gasteiger charge is -2.29. The normalized spacial score (nSPS) is 21.6. The second-order valence-corrected chi connectivity index (χ2v) is 8.90. The lowest BCUT2D eigenvalue weighted by molar-refractivity contribution is -0.279. The quantitative estimate of drug-likeness (QED) is 0.390. The number of hydrogen-bond acceptors (Lipinski definition) is 2. The van der Waals surface area contributed by atoms with Gasteiger partial charge in [-0.2, -0.15) is 17.6 Å². The maximum absolute atomic E-state index is 14.2. The Labute approximate surface area is 160 Å². The van der Waals surface area contributed by atoms with Crippen molar-refractivity contribution >= 4 is 7.60 Å². The monoisotopic (exact) mass is 430 g/mol. The molecule has 1 aromatic carbocycles. The highest BCUT2D eigenvalue weighted by molar-refractivity contribution is 7.53. The zero-order valence-electron chi connectivity index (χ0n) is 15.4. The number of hydrogen-bond donors (Lipinski definition) is 2. The van der Waals surface area contributed by atoms with Gasteiger partial charge in [-0.3, -0.25) is 4.57 Å². The largest absolute Gasteiger partial charge is 0.477 e. The molecule has 0 amide bonds. The van der Waals surface area contributed by atoms with Crippen LogP contribution in [-0.4, -0.2) is 21.6 Å². The maximum Gasteiger partial charge on any atom is 0.477 e. The SMILES string of the molecule is CCCCC1CCC(c2ccc(OC(F)(F)C(F)(F)P(=O)(O)O)c(F)c2)CC1. The molecule has 160 valence electrons. The molecule has 1 fully saturated rings. The van der Waals surface area contributed by atoms with Gasteiger partial charge >= 0.3 is 19.4 Å². The zero-order chi connectivity index (χ0) is 21.2. The van der Waals surface area contributed by atoms with Crippen molar-refractivity contribution in [2.75, 3.05) is 0 Å². The highest BCUT2D eigenvalue weighted by Crippen LogP contribution is 2.60. The summed E-state index contributed by atoms with van der Waals surface area (Å²) in [7, 11) is -6.52. The van der Waals surface area contributed by atoms with Gasteiger partial charge in [0.15, 0.2) is 11.6 Å². The second-order valence-electron chi connectivity index (χ2n) is 7.25. The zero-order valence-corrected chi connectivity index (χ0v) is 16.3. The van der Waals surface area contributed by atoms with Crippen molar-refractivity contribution in [2.45, 2.75) is 69.6 Å².